The number of likely N-dealkylation sites (tertiary alicyclic amines) is 1. The standard InChI is InChI=1S/C25H34N4O3/c1-2-3-6-20-15-29(27-26-20)22-11-18-13-28(25(31)21-7-4-5-8-23(21)30)14-19(18)12-24(22)32-16-17-9-10-17/h4-5,7-8,15,17-19,22,24,30H,2-3,6,9-14,16H2,1H3/t18-,19+,22-,24-/m1/s1. The van der Waals surface area contributed by atoms with E-state index in [-0.39, 0.29) is 23.8 Å². The molecule has 0 radical (unpaired) electrons. The van der Waals surface area contributed by atoms with E-state index in [1.807, 2.05) is 9.58 Å². The summed E-state index contributed by atoms with van der Waals surface area (Å²) in [6.07, 6.45) is 9.89. The molecule has 7 nitrogen and oxygen atoms in total. The number of aromatic nitrogens is 3. The van der Waals surface area contributed by atoms with Gasteiger partial charge in [0.2, 0.25) is 0 Å². The fourth-order valence-corrected chi connectivity index (χ4v) is 5.33. The molecule has 1 aliphatic heterocycles. The van der Waals surface area contributed by atoms with E-state index in [2.05, 4.69) is 23.4 Å². The highest BCUT2D eigenvalue weighted by molar-refractivity contribution is 5.97. The number of aromatic hydroxyl groups is 1. The van der Waals surface area contributed by atoms with Gasteiger partial charge in [-0.15, -0.1) is 5.10 Å². The van der Waals surface area contributed by atoms with Gasteiger partial charge in [-0.05, 0) is 68.4 Å². The summed E-state index contributed by atoms with van der Waals surface area (Å²) in [5.74, 6) is 1.53. The zero-order valence-electron chi connectivity index (χ0n) is 18.9. The van der Waals surface area contributed by atoms with Crippen molar-refractivity contribution in [2.75, 3.05) is 19.7 Å². The molecule has 0 unspecified atom stereocenters. The van der Waals surface area contributed by atoms with E-state index in [1.54, 1.807) is 24.3 Å². The van der Waals surface area contributed by atoms with Crippen LogP contribution in [-0.4, -0.2) is 56.7 Å². The van der Waals surface area contributed by atoms with E-state index in [0.717, 1.165) is 57.5 Å². The first-order valence-corrected chi connectivity index (χ1v) is 12.2. The number of rotatable bonds is 8. The molecule has 2 saturated carbocycles. The second kappa shape index (κ2) is 9.22. The van der Waals surface area contributed by atoms with Gasteiger partial charge in [0.05, 0.1) is 23.4 Å². The molecule has 1 aromatic carbocycles. The van der Waals surface area contributed by atoms with Crippen LogP contribution < -0.4 is 0 Å². The zero-order chi connectivity index (χ0) is 22.1. The average Bonchev–Trinajstić information content (AvgIpc) is 3.35. The van der Waals surface area contributed by atoms with Gasteiger partial charge >= 0.3 is 0 Å². The fourth-order valence-electron chi connectivity index (χ4n) is 5.33. The van der Waals surface area contributed by atoms with Gasteiger partial charge in [0.25, 0.3) is 5.91 Å². The highest BCUT2D eigenvalue weighted by atomic mass is 16.5. The first-order valence-electron chi connectivity index (χ1n) is 12.2. The number of carbonyl (C=O) groups is 1. The molecule has 7 heteroatoms. The van der Waals surface area contributed by atoms with Gasteiger partial charge in [0.1, 0.15) is 5.75 Å². The van der Waals surface area contributed by atoms with Crippen LogP contribution in [0.25, 0.3) is 0 Å². The number of unbranched alkanes of at least 4 members (excludes halogenated alkanes) is 1. The second-order valence-corrected chi connectivity index (χ2v) is 9.89. The van der Waals surface area contributed by atoms with Gasteiger partial charge in [0, 0.05) is 25.9 Å². The monoisotopic (exact) mass is 438 g/mol. The second-order valence-electron chi connectivity index (χ2n) is 9.89. The zero-order valence-corrected chi connectivity index (χ0v) is 18.9. The van der Waals surface area contributed by atoms with Gasteiger partial charge < -0.3 is 14.7 Å². The number of carbonyl (C=O) groups excluding carboxylic acids is 1. The fraction of sp³-hybridized carbons (Fsp3) is 0.640. The number of ether oxygens (including phenoxy) is 1. The molecule has 4 atom stereocenters. The first kappa shape index (κ1) is 21.4. The number of phenolic OH excluding ortho intramolecular Hbond substituents is 1. The normalized spacial score (nSPS) is 27.5. The highest BCUT2D eigenvalue weighted by Crippen LogP contribution is 2.43. The van der Waals surface area contributed by atoms with E-state index < -0.39 is 0 Å². The predicted octanol–water partition coefficient (Wildman–Crippen LogP) is 3.84. The van der Waals surface area contributed by atoms with E-state index in [0.29, 0.717) is 23.3 Å². The summed E-state index contributed by atoms with van der Waals surface area (Å²) in [6, 6.07) is 6.99. The van der Waals surface area contributed by atoms with Gasteiger partial charge in [-0.1, -0.05) is 30.7 Å². The van der Waals surface area contributed by atoms with Crippen LogP contribution in [0.15, 0.2) is 30.5 Å². The van der Waals surface area contributed by atoms with Crippen molar-refractivity contribution in [2.24, 2.45) is 17.8 Å². The Balaban J connectivity index is 1.31. The summed E-state index contributed by atoms with van der Waals surface area (Å²) in [4.78, 5) is 15.0. The SMILES string of the molecule is CCCCc1cn([C@@H]2C[C@@H]3CN(C(=O)c4ccccc4O)C[C@@H]3C[C@H]2OCC2CC2)nn1. The van der Waals surface area contributed by atoms with E-state index in [9.17, 15) is 9.90 Å². The predicted molar refractivity (Wildman–Crippen MR) is 120 cm³/mol. The summed E-state index contributed by atoms with van der Waals surface area (Å²) >= 11 is 0. The van der Waals surface area contributed by atoms with Gasteiger partial charge in [0.15, 0.2) is 0 Å². The molecule has 1 aromatic heterocycles. The third-order valence-electron chi connectivity index (χ3n) is 7.43. The van der Waals surface area contributed by atoms with Crippen LogP contribution in [0.5, 0.6) is 5.75 Å². The maximum atomic E-state index is 13.1. The molecule has 3 fully saturated rings. The number of hydrogen-bond donors (Lipinski definition) is 1. The summed E-state index contributed by atoms with van der Waals surface area (Å²) in [5.41, 5.74) is 1.44. The number of phenols is 1. The molecule has 1 amide bonds. The largest absolute Gasteiger partial charge is 0.507 e. The highest BCUT2D eigenvalue weighted by Gasteiger charge is 2.45. The van der Waals surface area contributed by atoms with Crippen molar-refractivity contribution >= 4 is 5.91 Å². The van der Waals surface area contributed by atoms with Crippen molar-refractivity contribution in [2.45, 2.75) is 64.0 Å². The number of hydrogen-bond acceptors (Lipinski definition) is 5. The van der Waals surface area contributed by atoms with Crippen molar-refractivity contribution < 1.29 is 14.6 Å². The topological polar surface area (TPSA) is 80.5 Å². The Labute approximate surface area is 189 Å². The number of para-hydroxylation sites is 1. The van der Waals surface area contributed by atoms with Crippen LogP contribution in [0, 0.1) is 17.8 Å². The Kier molecular flexibility index (Phi) is 6.17. The smallest absolute Gasteiger partial charge is 0.257 e. The van der Waals surface area contributed by atoms with Gasteiger partial charge in [-0.3, -0.25) is 4.79 Å². The lowest BCUT2D eigenvalue weighted by molar-refractivity contribution is -0.0375. The lowest BCUT2D eigenvalue weighted by Crippen LogP contribution is -2.38. The average molecular weight is 439 g/mol. The molecular formula is C25H34N4O3. The third kappa shape index (κ3) is 4.53. The molecule has 1 saturated heterocycles. The van der Waals surface area contributed by atoms with Crippen molar-refractivity contribution in [3.8, 4) is 5.75 Å². The Morgan fingerprint density at radius 1 is 1.19 bits per heavy atom. The Bertz CT molecular complexity index is 941. The summed E-state index contributed by atoms with van der Waals surface area (Å²) in [6.45, 7) is 4.47. The number of fused-ring (bicyclic) bond motifs is 1. The van der Waals surface area contributed by atoms with E-state index in [4.69, 9.17) is 4.74 Å². The van der Waals surface area contributed by atoms with Crippen LogP contribution in [0.1, 0.15) is 67.5 Å². The Hall–Kier alpha value is -2.41. The van der Waals surface area contributed by atoms with E-state index >= 15 is 0 Å². The molecule has 2 aromatic rings. The van der Waals surface area contributed by atoms with Crippen molar-refractivity contribution in [3.63, 3.8) is 0 Å². The quantitative estimate of drug-likeness (QED) is 0.677. The van der Waals surface area contributed by atoms with Crippen LogP contribution in [0.2, 0.25) is 0 Å². The van der Waals surface area contributed by atoms with Crippen molar-refractivity contribution in [3.05, 3.63) is 41.7 Å². The third-order valence-corrected chi connectivity index (χ3v) is 7.43. The lowest BCUT2D eigenvalue weighted by atomic mass is 9.77. The molecular weight excluding hydrogens is 404 g/mol. The molecule has 5 rings (SSSR count). The lowest BCUT2D eigenvalue weighted by Gasteiger charge is -2.37. The number of aryl methyl sites for hydroxylation is 1. The Morgan fingerprint density at radius 3 is 2.72 bits per heavy atom. The summed E-state index contributed by atoms with van der Waals surface area (Å²) in [5, 5.41) is 19.0. The minimum atomic E-state index is -0.0768. The molecule has 3 aliphatic rings. The van der Waals surface area contributed by atoms with Crippen LogP contribution in [-0.2, 0) is 11.2 Å². The molecule has 0 spiro atoms. The van der Waals surface area contributed by atoms with Crippen molar-refractivity contribution in [1.82, 2.24) is 19.9 Å². The number of nitrogens with zero attached hydrogens (tertiary/aromatic N) is 4. The molecule has 172 valence electrons. The van der Waals surface area contributed by atoms with Crippen LogP contribution in [0.3, 0.4) is 0 Å². The summed E-state index contributed by atoms with van der Waals surface area (Å²) < 4.78 is 8.47. The minimum absolute atomic E-state index is 0.0538. The molecule has 32 heavy (non-hydrogen) atoms. The number of benzene rings is 1. The van der Waals surface area contributed by atoms with Gasteiger partial charge in [-0.2, -0.15) is 0 Å². The van der Waals surface area contributed by atoms with Crippen LogP contribution in [0.4, 0.5) is 0 Å². The Morgan fingerprint density at radius 2 is 1.97 bits per heavy atom. The molecule has 2 aliphatic carbocycles. The maximum absolute atomic E-state index is 13.1. The number of amides is 1. The molecule has 0 bridgehead atoms. The van der Waals surface area contributed by atoms with Crippen molar-refractivity contribution in [1.29, 1.82) is 0 Å². The first-order chi connectivity index (χ1) is 15.6. The molecule has 1 N–H and O–H groups in total. The van der Waals surface area contributed by atoms with Crippen LogP contribution >= 0.6 is 0 Å². The minimum Gasteiger partial charge on any atom is -0.507 e. The molecule has 2 heterocycles. The maximum Gasteiger partial charge on any atom is 0.257 e. The summed E-state index contributed by atoms with van der Waals surface area (Å²) in [7, 11) is 0. The van der Waals surface area contributed by atoms with E-state index in [1.165, 1.54) is 12.8 Å². The van der Waals surface area contributed by atoms with Gasteiger partial charge in [-0.25, -0.2) is 4.68 Å².